The van der Waals surface area contributed by atoms with Crippen LogP contribution in [0.4, 0.5) is 5.00 Å². The number of carbonyl (C=O) groups is 1. The highest BCUT2D eigenvalue weighted by molar-refractivity contribution is 9.10. The predicted octanol–water partition coefficient (Wildman–Crippen LogP) is 4.73. The number of halogens is 1. The van der Waals surface area contributed by atoms with E-state index in [1.807, 2.05) is 26.0 Å². The van der Waals surface area contributed by atoms with Crippen LogP contribution < -0.4 is 10.9 Å². The monoisotopic (exact) mass is 415 g/mol. The molecule has 126 valence electrons. The molecule has 0 radical (unpaired) electrons. The minimum absolute atomic E-state index is 0.124. The lowest BCUT2D eigenvalue weighted by atomic mass is 10.1. The van der Waals surface area contributed by atoms with Crippen molar-refractivity contribution < 1.29 is 9.21 Å². The lowest BCUT2D eigenvalue weighted by Gasteiger charge is -2.05. The Hall–Kier alpha value is -2.43. The number of benzene rings is 1. The van der Waals surface area contributed by atoms with E-state index in [0.717, 1.165) is 21.3 Å². The highest BCUT2D eigenvalue weighted by Crippen LogP contribution is 2.33. The number of rotatable bonds is 3. The van der Waals surface area contributed by atoms with Crippen molar-refractivity contribution in [3.8, 4) is 6.07 Å². The molecule has 2 N–H and O–H groups in total. The summed E-state index contributed by atoms with van der Waals surface area (Å²) in [5, 5.41) is 21.4. The van der Waals surface area contributed by atoms with E-state index in [0.29, 0.717) is 21.5 Å². The SMILES string of the molecule is CCc1c(C)sc(NC(=O)c2cc3cc(Br)ccc3oc2=N)c1C#N. The molecule has 0 aliphatic heterocycles. The molecule has 0 aliphatic carbocycles. The predicted molar refractivity (Wildman–Crippen MR) is 101 cm³/mol. The number of thiophene rings is 1. The average Bonchev–Trinajstić information content (AvgIpc) is 2.88. The fraction of sp³-hybridized carbons (Fsp3) is 0.167. The zero-order chi connectivity index (χ0) is 18.1. The molecule has 0 saturated carbocycles. The first-order chi connectivity index (χ1) is 11.9. The van der Waals surface area contributed by atoms with Gasteiger partial charge in [-0.3, -0.25) is 10.2 Å². The molecular formula is C18H14BrN3O2S. The molecule has 1 amide bonds. The minimum Gasteiger partial charge on any atom is -0.438 e. The first kappa shape index (κ1) is 17.4. The number of amides is 1. The summed E-state index contributed by atoms with van der Waals surface area (Å²) in [6, 6.07) is 9.15. The molecule has 0 bridgehead atoms. The highest BCUT2D eigenvalue weighted by atomic mass is 79.9. The first-order valence-corrected chi connectivity index (χ1v) is 9.17. The Morgan fingerprint density at radius 3 is 2.88 bits per heavy atom. The van der Waals surface area contributed by atoms with E-state index in [2.05, 4.69) is 27.3 Å². The van der Waals surface area contributed by atoms with Gasteiger partial charge in [-0.15, -0.1) is 11.3 Å². The van der Waals surface area contributed by atoms with Crippen LogP contribution in [0.15, 0.2) is 33.2 Å². The number of nitrogens with zero attached hydrogens (tertiary/aromatic N) is 1. The molecule has 0 unspecified atom stereocenters. The van der Waals surface area contributed by atoms with Gasteiger partial charge in [0.15, 0.2) is 0 Å². The molecule has 0 atom stereocenters. The fourth-order valence-electron chi connectivity index (χ4n) is 2.66. The summed E-state index contributed by atoms with van der Waals surface area (Å²) < 4.78 is 6.29. The number of hydrogen-bond acceptors (Lipinski definition) is 5. The number of nitrogens with one attached hydrogen (secondary N) is 2. The molecule has 1 aromatic carbocycles. The van der Waals surface area contributed by atoms with E-state index in [9.17, 15) is 10.1 Å². The van der Waals surface area contributed by atoms with Gasteiger partial charge in [0.05, 0.1) is 5.56 Å². The third-order valence-electron chi connectivity index (χ3n) is 3.87. The van der Waals surface area contributed by atoms with Gasteiger partial charge in [0.1, 0.15) is 22.2 Å². The van der Waals surface area contributed by atoms with Gasteiger partial charge in [-0.05, 0) is 43.2 Å². The van der Waals surface area contributed by atoms with Gasteiger partial charge in [-0.25, -0.2) is 0 Å². The smallest absolute Gasteiger partial charge is 0.261 e. The number of aryl methyl sites for hydroxylation is 1. The Morgan fingerprint density at radius 1 is 1.44 bits per heavy atom. The van der Waals surface area contributed by atoms with Crippen molar-refractivity contribution in [2.75, 3.05) is 5.32 Å². The fourth-order valence-corrected chi connectivity index (χ4v) is 4.13. The summed E-state index contributed by atoms with van der Waals surface area (Å²) in [4.78, 5) is 13.6. The quantitative estimate of drug-likeness (QED) is 0.647. The molecule has 0 spiro atoms. The summed E-state index contributed by atoms with van der Waals surface area (Å²) in [6.45, 7) is 3.91. The summed E-state index contributed by atoms with van der Waals surface area (Å²) in [5.74, 6) is -0.462. The van der Waals surface area contributed by atoms with E-state index in [4.69, 9.17) is 9.83 Å². The van der Waals surface area contributed by atoms with Crippen molar-refractivity contribution in [2.24, 2.45) is 0 Å². The van der Waals surface area contributed by atoms with Gasteiger partial charge in [0, 0.05) is 14.7 Å². The van der Waals surface area contributed by atoms with Crippen LogP contribution in [-0.4, -0.2) is 5.91 Å². The van der Waals surface area contributed by atoms with E-state index < -0.39 is 5.91 Å². The number of fused-ring (bicyclic) bond motifs is 1. The second-order valence-corrected chi connectivity index (χ2v) is 7.57. The van der Waals surface area contributed by atoms with Crippen LogP contribution >= 0.6 is 27.3 Å². The summed E-state index contributed by atoms with van der Waals surface area (Å²) in [5.41, 5.74) is 1.88. The second kappa shape index (κ2) is 6.82. The Bertz CT molecular complexity index is 1090. The maximum absolute atomic E-state index is 12.6. The molecule has 0 fully saturated rings. The first-order valence-electron chi connectivity index (χ1n) is 7.56. The molecule has 0 aliphatic rings. The van der Waals surface area contributed by atoms with Crippen LogP contribution in [0.25, 0.3) is 11.0 Å². The van der Waals surface area contributed by atoms with Gasteiger partial charge >= 0.3 is 0 Å². The number of hydrogen-bond donors (Lipinski definition) is 2. The lowest BCUT2D eigenvalue weighted by molar-refractivity contribution is 0.102. The van der Waals surface area contributed by atoms with E-state index in [1.165, 1.54) is 11.3 Å². The highest BCUT2D eigenvalue weighted by Gasteiger charge is 2.18. The van der Waals surface area contributed by atoms with Gasteiger partial charge in [0.25, 0.3) is 5.91 Å². The molecule has 0 saturated heterocycles. The maximum atomic E-state index is 12.6. The van der Waals surface area contributed by atoms with Crippen molar-refractivity contribution in [2.45, 2.75) is 20.3 Å². The second-order valence-electron chi connectivity index (χ2n) is 5.43. The number of anilines is 1. The lowest BCUT2D eigenvalue weighted by Crippen LogP contribution is -2.20. The molecule has 25 heavy (non-hydrogen) atoms. The van der Waals surface area contributed by atoms with Crippen molar-refractivity contribution in [1.82, 2.24) is 0 Å². The molecular weight excluding hydrogens is 402 g/mol. The van der Waals surface area contributed by atoms with Crippen LogP contribution in [0, 0.1) is 23.7 Å². The molecule has 2 heterocycles. The summed E-state index contributed by atoms with van der Waals surface area (Å²) >= 11 is 4.75. The van der Waals surface area contributed by atoms with Crippen LogP contribution in [0.1, 0.15) is 33.3 Å². The Labute approximate surface area is 156 Å². The Balaban J connectivity index is 2.02. The van der Waals surface area contributed by atoms with Crippen molar-refractivity contribution >= 4 is 49.1 Å². The topological polar surface area (TPSA) is 89.9 Å². The standard InChI is InChI=1S/C18H14BrN3O2S/c1-3-12-9(2)25-18(14(12)8-20)22-17(23)13-7-10-6-11(19)4-5-15(10)24-16(13)21/h4-7,21H,3H2,1-2H3,(H,22,23). The zero-order valence-corrected chi connectivity index (χ0v) is 16.0. The van der Waals surface area contributed by atoms with Crippen molar-refractivity contribution in [3.63, 3.8) is 0 Å². The minimum atomic E-state index is -0.462. The molecule has 7 heteroatoms. The van der Waals surface area contributed by atoms with E-state index in [1.54, 1.807) is 12.1 Å². The van der Waals surface area contributed by atoms with E-state index >= 15 is 0 Å². The van der Waals surface area contributed by atoms with E-state index in [-0.39, 0.29) is 11.1 Å². The average molecular weight is 416 g/mol. The Kier molecular flexibility index (Phi) is 4.75. The Morgan fingerprint density at radius 2 is 2.20 bits per heavy atom. The normalized spacial score (nSPS) is 10.6. The number of nitriles is 1. The van der Waals surface area contributed by atoms with Crippen LogP contribution in [0.2, 0.25) is 0 Å². The maximum Gasteiger partial charge on any atom is 0.261 e. The van der Waals surface area contributed by atoms with Crippen LogP contribution in [-0.2, 0) is 6.42 Å². The van der Waals surface area contributed by atoms with Gasteiger partial charge < -0.3 is 9.73 Å². The van der Waals surface area contributed by atoms with Gasteiger partial charge in [0.2, 0.25) is 5.55 Å². The third-order valence-corrected chi connectivity index (χ3v) is 5.43. The van der Waals surface area contributed by atoms with Crippen molar-refractivity contribution in [1.29, 1.82) is 10.7 Å². The molecule has 3 rings (SSSR count). The summed E-state index contributed by atoms with van der Waals surface area (Å²) in [6.07, 6.45) is 0.726. The van der Waals surface area contributed by atoms with Gasteiger partial charge in [-0.2, -0.15) is 5.26 Å². The van der Waals surface area contributed by atoms with Crippen molar-refractivity contribution in [3.05, 3.63) is 55.9 Å². The largest absolute Gasteiger partial charge is 0.438 e. The third kappa shape index (κ3) is 3.23. The summed E-state index contributed by atoms with van der Waals surface area (Å²) in [7, 11) is 0. The molecule has 2 aromatic heterocycles. The van der Waals surface area contributed by atoms with Gasteiger partial charge in [-0.1, -0.05) is 22.9 Å². The zero-order valence-electron chi connectivity index (χ0n) is 13.6. The number of carbonyl (C=O) groups excluding carboxylic acids is 1. The molecule has 5 nitrogen and oxygen atoms in total. The van der Waals surface area contributed by atoms with Crippen LogP contribution in [0.5, 0.6) is 0 Å². The van der Waals surface area contributed by atoms with Crippen LogP contribution in [0.3, 0.4) is 0 Å². The molecule has 3 aromatic rings.